The number of methoxy groups -OCH3 is 1. The molecule has 0 aromatic heterocycles. The van der Waals surface area contributed by atoms with Gasteiger partial charge in [0, 0.05) is 7.11 Å². The Morgan fingerprint density at radius 2 is 0.931 bits per heavy atom. The van der Waals surface area contributed by atoms with E-state index in [4.69, 9.17) is 19.3 Å². The summed E-state index contributed by atoms with van der Waals surface area (Å²) in [6.07, 6.45) is 8.69. The second kappa shape index (κ2) is 10.4. The summed E-state index contributed by atoms with van der Waals surface area (Å²) < 4.78 is 16.8. The summed E-state index contributed by atoms with van der Waals surface area (Å²) in [5, 5.41) is 9.06. The van der Waals surface area contributed by atoms with Crippen LogP contribution in [0.1, 0.15) is 77.0 Å². The molecule has 0 bridgehead atoms. The molecule has 7 nitrogen and oxygen atoms in total. The van der Waals surface area contributed by atoms with E-state index < -0.39 is 5.97 Å². The standard InChI is InChI=1S/C22H34O7/c1-27-17-8-6-16(7-9-17)22(26)29-19-12-10-18(11-13-19)28-21(25)15-4-2-14(3-5-15)20(23)24/h14-19H,2-13H2,1H3,(H,23,24). The highest BCUT2D eigenvalue weighted by Crippen LogP contribution is 2.32. The van der Waals surface area contributed by atoms with Crippen LogP contribution < -0.4 is 0 Å². The van der Waals surface area contributed by atoms with Crippen molar-refractivity contribution in [3.63, 3.8) is 0 Å². The fourth-order valence-corrected chi connectivity index (χ4v) is 4.90. The summed E-state index contributed by atoms with van der Waals surface area (Å²) >= 11 is 0. The summed E-state index contributed by atoms with van der Waals surface area (Å²) in [6.45, 7) is 0. The fraction of sp³-hybridized carbons (Fsp3) is 0.864. The van der Waals surface area contributed by atoms with Crippen LogP contribution in [0, 0.1) is 17.8 Å². The van der Waals surface area contributed by atoms with Crippen LogP contribution >= 0.6 is 0 Å². The minimum atomic E-state index is -0.767. The monoisotopic (exact) mass is 410 g/mol. The lowest BCUT2D eigenvalue weighted by atomic mass is 9.82. The van der Waals surface area contributed by atoms with Crippen LogP contribution in [0.4, 0.5) is 0 Å². The molecule has 0 unspecified atom stereocenters. The third kappa shape index (κ3) is 6.17. The van der Waals surface area contributed by atoms with Gasteiger partial charge in [-0.2, -0.15) is 0 Å². The molecule has 0 saturated heterocycles. The van der Waals surface area contributed by atoms with E-state index in [1.165, 1.54) is 0 Å². The van der Waals surface area contributed by atoms with Gasteiger partial charge < -0.3 is 19.3 Å². The molecule has 3 fully saturated rings. The SMILES string of the molecule is COC1CCC(C(=O)OC2CCC(OC(=O)C3CCC(C(=O)O)CC3)CC2)CC1. The van der Waals surface area contributed by atoms with Crippen LogP contribution in [0.5, 0.6) is 0 Å². The first-order chi connectivity index (χ1) is 14.0. The molecule has 0 heterocycles. The third-order valence-corrected chi connectivity index (χ3v) is 6.94. The van der Waals surface area contributed by atoms with E-state index in [0.717, 1.165) is 38.5 Å². The first kappa shape index (κ1) is 22.1. The Labute approximate surface area is 172 Å². The molecule has 0 aromatic carbocycles. The van der Waals surface area contributed by atoms with Gasteiger partial charge in [0.25, 0.3) is 0 Å². The average Bonchev–Trinajstić information content (AvgIpc) is 2.75. The van der Waals surface area contributed by atoms with Gasteiger partial charge in [-0.1, -0.05) is 0 Å². The zero-order valence-corrected chi connectivity index (χ0v) is 17.3. The van der Waals surface area contributed by atoms with Crippen molar-refractivity contribution in [3.8, 4) is 0 Å². The van der Waals surface area contributed by atoms with Gasteiger partial charge in [0.15, 0.2) is 0 Å². The highest BCUT2D eigenvalue weighted by Gasteiger charge is 2.34. The lowest BCUT2D eigenvalue weighted by Gasteiger charge is -2.32. The number of rotatable bonds is 6. The Bertz CT molecular complexity index is 566. The molecule has 3 aliphatic carbocycles. The number of carbonyl (C=O) groups excluding carboxylic acids is 2. The van der Waals surface area contributed by atoms with Gasteiger partial charge in [-0.25, -0.2) is 0 Å². The number of carboxylic acid groups (broad SMARTS) is 1. The topological polar surface area (TPSA) is 99.1 Å². The van der Waals surface area contributed by atoms with Crippen LogP contribution in [0.15, 0.2) is 0 Å². The van der Waals surface area contributed by atoms with E-state index in [-0.39, 0.29) is 48.0 Å². The molecule has 0 aromatic rings. The lowest BCUT2D eigenvalue weighted by Crippen LogP contribution is -2.34. The predicted molar refractivity (Wildman–Crippen MR) is 104 cm³/mol. The zero-order valence-electron chi connectivity index (χ0n) is 17.3. The summed E-state index contributed by atoms with van der Waals surface area (Å²) in [7, 11) is 1.72. The molecule has 0 radical (unpaired) electrons. The van der Waals surface area contributed by atoms with E-state index in [1.807, 2.05) is 0 Å². The molecule has 0 aliphatic heterocycles. The minimum absolute atomic E-state index is 0.0159. The van der Waals surface area contributed by atoms with Gasteiger partial charge in [0.05, 0.1) is 23.9 Å². The molecule has 0 spiro atoms. The number of hydrogen-bond donors (Lipinski definition) is 1. The summed E-state index contributed by atoms with van der Waals surface area (Å²) in [5.74, 6) is -1.56. The molecule has 1 N–H and O–H groups in total. The Kier molecular flexibility index (Phi) is 7.92. The average molecular weight is 411 g/mol. The Morgan fingerprint density at radius 3 is 1.31 bits per heavy atom. The smallest absolute Gasteiger partial charge is 0.309 e. The van der Waals surface area contributed by atoms with Crippen molar-refractivity contribution < 1.29 is 33.7 Å². The van der Waals surface area contributed by atoms with Gasteiger partial charge in [0.1, 0.15) is 12.2 Å². The van der Waals surface area contributed by atoms with Gasteiger partial charge >= 0.3 is 17.9 Å². The number of ether oxygens (including phenoxy) is 3. The molecule has 7 heteroatoms. The fourth-order valence-electron chi connectivity index (χ4n) is 4.90. The molecule has 3 rings (SSSR count). The van der Waals surface area contributed by atoms with E-state index in [2.05, 4.69) is 0 Å². The van der Waals surface area contributed by atoms with E-state index in [1.54, 1.807) is 7.11 Å². The largest absolute Gasteiger partial charge is 0.481 e. The van der Waals surface area contributed by atoms with Gasteiger partial charge in [-0.15, -0.1) is 0 Å². The first-order valence-electron chi connectivity index (χ1n) is 11.1. The Morgan fingerprint density at radius 1 is 0.586 bits per heavy atom. The van der Waals surface area contributed by atoms with Crippen LogP contribution in [0.3, 0.4) is 0 Å². The number of esters is 2. The maximum absolute atomic E-state index is 12.4. The highest BCUT2D eigenvalue weighted by molar-refractivity contribution is 5.74. The first-order valence-corrected chi connectivity index (χ1v) is 11.1. The molecular weight excluding hydrogens is 376 g/mol. The maximum Gasteiger partial charge on any atom is 0.309 e. The summed E-state index contributed by atoms with van der Waals surface area (Å²) in [6, 6.07) is 0. The molecule has 0 amide bonds. The highest BCUT2D eigenvalue weighted by atomic mass is 16.6. The van der Waals surface area contributed by atoms with E-state index >= 15 is 0 Å². The van der Waals surface area contributed by atoms with Crippen molar-refractivity contribution in [1.29, 1.82) is 0 Å². The Balaban J connectivity index is 1.33. The quantitative estimate of drug-likeness (QED) is 0.669. The van der Waals surface area contributed by atoms with Crippen molar-refractivity contribution in [2.24, 2.45) is 17.8 Å². The van der Waals surface area contributed by atoms with Gasteiger partial charge in [-0.05, 0) is 77.0 Å². The van der Waals surface area contributed by atoms with Crippen LogP contribution in [0.2, 0.25) is 0 Å². The molecule has 164 valence electrons. The van der Waals surface area contributed by atoms with Gasteiger partial charge in [-0.3, -0.25) is 14.4 Å². The van der Waals surface area contributed by atoms with Crippen molar-refractivity contribution in [2.45, 2.75) is 95.4 Å². The summed E-state index contributed by atoms with van der Waals surface area (Å²) in [4.78, 5) is 35.8. The lowest BCUT2D eigenvalue weighted by molar-refractivity contribution is -0.165. The Hall–Kier alpha value is -1.63. The summed E-state index contributed by atoms with van der Waals surface area (Å²) in [5.41, 5.74) is 0. The normalized spacial score (nSPS) is 35.5. The predicted octanol–water partition coefficient (Wildman–Crippen LogP) is 3.48. The second-order valence-corrected chi connectivity index (χ2v) is 8.87. The minimum Gasteiger partial charge on any atom is -0.481 e. The number of carbonyl (C=O) groups is 3. The third-order valence-electron chi connectivity index (χ3n) is 6.94. The number of aliphatic carboxylic acids is 1. The molecule has 0 atom stereocenters. The second-order valence-electron chi connectivity index (χ2n) is 8.87. The van der Waals surface area contributed by atoms with Crippen molar-refractivity contribution in [1.82, 2.24) is 0 Å². The van der Waals surface area contributed by atoms with Crippen molar-refractivity contribution in [2.75, 3.05) is 7.11 Å². The molecule has 29 heavy (non-hydrogen) atoms. The molecular formula is C22H34O7. The maximum atomic E-state index is 12.4. The molecule has 3 saturated carbocycles. The van der Waals surface area contributed by atoms with Crippen molar-refractivity contribution >= 4 is 17.9 Å². The number of hydrogen-bond acceptors (Lipinski definition) is 6. The number of carboxylic acids is 1. The van der Waals surface area contributed by atoms with E-state index in [0.29, 0.717) is 38.5 Å². The molecule has 3 aliphatic rings. The van der Waals surface area contributed by atoms with Crippen LogP contribution in [-0.2, 0) is 28.6 Å². The zero-order chi connectivity index (χ0) is 20.8. The van der Waals surface area contributed by atoms with Crippen LogP contribution in [-0.4, -0.2) is 48.4 Å². The van der Waals surface area contributed by atoms with Gasteiger partial charge in [0.2, 0.25) is 0 Å². The van der Waals surface area contributed by atoms with Crippen LogP contribution in [0.25, 0.3) is 0 Å². The van der Waals surface area contributed by atoms with E-state index in [9.17, 15) is 14.4 Å². The van der Waals surface area contributed by atoms with Crippen molar-refractivity contribution in [3.05, 3.63) is 0 Å².